The van der Waals surface area contributed by atoms with E-state index in [1.54, 1.807) is 6.20 Å². The van der Waals surface area contributed by atoms with Gasteiger partial charge >= 0.3 is 0 Å². The number of hydrogen-bond acceptors (Lipinski definition) is 3. The summed E-state index contributed by atoms with van der Waals surface area (Å²) in [5.74, 6) is -0.171. The van der Waals surface area contributed by atoms with Crippen LogP contribution in [-0.4, -0.2) is 16.7 Å². The van der Waals surface area contributed by atoms with Gasteiger partial charge in [-0.15, -0.1) is 0 Å². The van der Waals surface area contributed by atoms with Crippen molar-refractivity contribution in [2.45, 2.75) is 13.0 Å². The molecule has 4 aromatic rings. The van der Waals surface area contributed by atoms with Crippen LogP contribution < -0.4 is 10.6 Å². The zero-order valence-corrected chi connectivity index (χ0v) is 16.0. The second-order valence-electron chi connectivity index (χ2n) is 6.86. The Bertz CT molecular complexity index is 1160. The standard InChI is InChI=1S/C24H21N3O2/c1-16(28)26-18-10-7-11-19(14-18)27-23(17-8-3-2-4-9-17)24(29)21-15-25-22-13-6-5-12-20(21)22/h2-15,23,25,27H,1H3,(H,26,28). The van der Waals surface area contributed by atoms with E-state index in [0.717, 1.165) is 22.2 Å². The van der Waals surface area contributed by atoms with Crippen molar-refractivity contribution >= 4 is 34.0 Å². The van der Waals surface area contributed by atoms with Crippen molar-refractivity contribution in [1.82, 2.24) is 4.98 Å². The van der Waals surface area contributed by atoms with Gasteiger partial charge in [0.25, 0.3) is 0 Å². The van der Waals surface area contributed by atoms with Gasteiger partial charge in [-0.1, -0.05) is 54.6 Å². The molecule has 29 heavy (non-hydrogen) atoms. The SMILES string of the molecule is CC(=O)Nc1cccc(NC(C(=O)c2c[nH]c3ccccc23)c2ccccc2)c1. The van der Waals surface area contributed by atoms with Crippen LogP contribution in [0.2, 0.25) is 0 Å². The summed E-state index contributed by atoms with van der Waals surface area (Å²) < 4.78 is 0. The number of benzene rings is 3. The van der Waals surface area contributed by atoms with Crippen molar-refractivity contribution in [2.75, 3.05) is 10.6 Å². The van der Waals surface area contributed by atoms with Crippen LogP contribution in [0.25, 0.3) is 10.9 Å². The smallest absolute Gasteiger partial charge is 0.221 e. The first-order valence-electron chi connectivity index (χ1n) is 9.41. The minimum absolute atomic E-state index is 0.0291. The highest BCUT2D eigenvalue weighted by molar-refractivity contribution is 6.11. The average Bonchev–Trinajstić information content (AvgIpc) is 3.16. The number of fused-ring (bicyclic) bond motifs is 1. The molecule has 4 rings (SSSR count). The first-order chi connectivity index (χ1) is 14.1. The number of Topliss-reactive ketones (excluding diaryl/α,β-unsaturated/α-hetero) is 1. The van der Waals surface area contributed by atoms with E-state index in [4.69, 9.17) is 0 Å². The van der Waals surface area contributed by atoms with E-state index in [2.05, 4.69) is 15.6 Å². The molecule has 1 heterocycles. The quantitative estimate of drug-likeness (QED) is 0.403. The molecule has 0 saturated carbocycles. The Morgan fingerprint density at radius 3 is 2.38 bits per heavy atom. The van der Waals surface area contributed by atoms with Gasteiger partial charge in [0.1, 0.15) is 6.04 Å². The molecule has 0 aliphatic rings. The molecular formula is C24H21N3O2. The van der Waals surface area contributed by atoms with Gasteiger partial charge in [0.05, 0.1) is 0 Å². The Morgan fingerprint density at radius 1 is 0.862 bits per heavy atom. The number of anilines is 2. The number of carbonyl (C=O) groups excluding carboxylic acids is 2. The van der Waals surface area contributed by atoms with Crippen LogP contribution in [0.4, 0.5) is 11.4 Å². The molecule has 0 spiro atoms. The van der Waals surface area contributed by atoms with Crippen LogP contribution in [0.5, 0.6) is 0 Å². The first kappa shape index (κ1) is 18.5. The van der Waals surface area contributed by atoms with Crippen molar-refractivity contribution in [2.24, 2.45) is 0 Å². The Balaban J connectivity index is 1.71. The molecule has 1 aromatic heterocycles. The Labute approximate surface area is 168 Å². The van der Waals surface area contributed by atoms with Crippen molar-refractivity contribution in [3.8, 4) is 0 Å². The fourth-order valence-electron chi connectivity index (χ4n) is 3.43. The molecule has 0 aliphatic heterocycles. The molecule has 144 valence electrons. The summed E-state index contributed by atoms with van der Waals surface area (Å²) in [5, 5.41) is 7.01. The summed E-state index contributed by atoms with van der Waals surface area (Å²) in [4.78, 5) is 28.1. The number of rotatable bonds is 6. The van der Waals surface area contributed by atoms with E-state index in [-0.39, 0.29) is 11.7 Å². The lowest BCUT2D eigenvalue weighted by Gasteiger charge is -2.20. The molecule has 0 aliphatic carbocycles. The largest absolute Gasteiger partial charge is 0.371 e. The van der Waals surface area contributed by atoms with E-state index in [1.807, 2.05) is 78.9 Å². The molecule has 1 atom stereocenters. The minimum atomic E-state index is -0.567. The van der Waals surface area contributed by atoms with Crippen LogP contribution in [-0.2, 0) is 4.79 Å². The third-order valence-corrected chi connectivity index (χ3v) is 4.74. The molecule has 0 saturated heterocycles. The second kappa shape index (κ2) is 8.02. The van der Waals surface area contributed by atoms with E-state index in [0.29, 0.717) is 11.3 Å². The lowest BCUT2D eigenvalue weighted by molar-refractivity contribution is -0.114. The molecule has 3 N–H and O–H groups in total. The van der Waals surface area contributed by atoms with Crippen LogP contribution in [0.3, 0.4) is 0 Å². The highest BCUT2D eigenvalue weighted by Gasteiger charge is 2.24. The van der Waals surface area contributed by atoms with Gasteiger partial charge in [-0.2, -0.15) is 0 Å². The molecule has 0 radical (unpaired) electrons. The van der Waals surface area contributed by atoms with Gasteiger partial charge in [0.2, 0.25) is 5.91 Å². The van der Waals surface area contributed by atoms with Crippen molar-refractivity contribution in [1.29, 1.82) is 0 Å². The van der Waals surface area contributed by atoms with Gasteiger partial charge in [0.15, 0.2) is 5.78 Å². The Hall–Kier alpha value is -3.86. The second-order valence-corrected chi connectivity index (χ2v) is 6.86. The number of H-pyrrole nitrogens is 1. The van der Waals surface area contributed by atoms with Crippen LogP contribution in [0, 0.1) is 0 Å². The van der Waals surface area contributed by atoms with Crippen molar-refractivity contribution in [3.05, 3.63) is 96.2 Å². The number of nitrogens with one attached hydrogen (secondary N) is 3. The maximum atomic E-state index is 13.5. The average molecular weight is 383 g/mol. The summed E-state index contributed by atoms with van der Waals surface area (Å²) >= 11 is 0. The summed E-state index contributed by atoms with van der Waals surface area (Å²) in [6, 6.07) is 24.2. The molecule has 1 amide bonds. The zero-order valence-electron chi connectivity index (χ0n) is 16.0. The predicted octanol–water partition coefficient (Wildman–Crippen LogP) is 5.16. The van der Waals surface area contributed by atoms with E-state index in [9.17, 15) is 9.59 Å². The lowest BCUT2D eigenvalue weighted by atomic mass is 9.96. The fraction of sp³-hybridized carbons (Fsp3) is 0.0833. The van der Waals surface area contributed by atoms with E-state index < -0.39 is 6.04 Å². The lowest BCUT2D eigenvalue weighted by Crippen LogP contribution is -2.21. The molecular weight excluding hydrogens is 362 g/mol. The maximum Gasteiger partial charge on any atom is 0.221 e. The van der Waals surface area contributed by atoms with Gasteiger partial charge in [-0.25, -0.2) is 0 Å². The predicted molar refractivity (Wildman–Crippen MR) is 116 cm³/mol. The number of hydrogen-bond donors (Lipinski definition) is 3. The van der Waals surface area contributed by atoms with Crippen molar-refractivity contribution in [3.63, 3.8) is 0 Å². The van der Waals surface area contributed by atoms with Gasteiger partial charge in [0, 0.05) is 41.0 Å². The van der Waals surface area contributed by atoms with Crippen molar-refractivity contribution < 1.29 is 9.59 Å². The minimum Gasteiger partial charge on any atom is -0.371 e. The molecule has 1 unspecified atom stereocenters. The van der Waals surface area contributed by atoms with Gasteiger partial charge in [-0.05, 0) is 29.8 Å². The summed E-state index contributed by atoms with van der Waals surface area (Å²) in [6.45, 7) is 1.47. The van der Waals surface area contributed by atoms with Crippen LogP contribution >= 0.6 is 0 Å². The monoisotopic (exact) mass is 383 g/mol. The summed E-state index contributed by atoms with van der Waals surface area (Å²) in [5.41, 5.74) is 3.86. The highest BCUT2D eigenvalue weighted by Crippen LogP contribution is 2.28. The molecule has 5 heteroatoms. The van der Waals surface area contributed by atoms with Crippen LogP contribution in [0.15, 0.2) is 85.1 Å². The number of amides is 1. The normalized spacial score (nSPS) is 11.8. The van der Waals surface area contributed by atoms with Gasteiger partial charge in [-0.3, -0.25) is 9.59 Å². The van der Waals surface area contributed by atoms with E-state index in [1.165, 1.54) is 6.92 Å². The van der Waals surface area contributed by atoms with Crippen LogP contribution in [0.1, 0.15) is 28.9 Å². The zero-order chi connectivity index (χ0) is 20.2. The maximum absolute atomic E-state index is 13.5. The number of aromatic nitrogens is 1. The third kappa shape index (κ3) is 4.04. The third-order valence-electron chi connectivity index (χ3n) is 4.74. The van der Waals surface area contributed by atoms with E-state index >= 15 is 0 Å². The molecule has 3 aromatic carbocycles. The topological polar surface area (TPSA) is 74.0 Å². The Kier molecular flexibility index (Phi) is 5.12. The highest BCUT2D eigenvalue weighted by atomic mass is 16.1. The number of para-hydroxylation sites is 1. The molecule has 5 nitrogen and oxygen atoms in total. The number of carbonyl (C=O) groups is 2. The molecule has 0 fully saturated rings. The first-order valence-corrected chi connectivity index (χ1v) is 9.41. The van der Waals surface area contributed by atoms with Gasteiger partial charge < -0.3 is 15.6 Å². The summed E-state index contributed by atoms with van der Waals surface area (Å²) in [6.07, 6.45) is 1.76. The molecule has 0 bridgehead atoms. The fourth-order valence-corrected chi connectivity index (χ4v) is 3.43. The number of aromatic amines is 1. The summed E-state index contributed by atoms with van der Waals surface area (Å²) in [7, 11) is 0. The Morgan fingerprint density at radius 2 is 1.59 bits per heavy atom. The number of ketones is 1.